The van der Waals surface area contributed by atoms with E-state index < -0.39 is 0 Å². The van der Waals surface area contributed by atoms with Crippen molar-refractivity contribution in [3.05, 3.63) is 63.1 Å². The van der Waals surface area contributed by atoms with Crippen molar-refractivity contribution >= 4 is 27.5 Å². The lowest BCUT2D eigenvalue weighted by Gasteiger charge is -2.08. The maximum Gasteiger partial charge on any atom is 0.118 e. The van der Waals surface area contributed by atoms with Gasteiger partial charge in [0.15, 0.2) is 0 Å². The molecule has 2 aromatic rings. The summed E-state index contributed by atoms with van der Waals surface area (Å²) in [6.45, 7) is 1.68. The van der Waals surface area contributed by atoms with Gasteiger partial charge in [-0.25, -0.2) is 0 Å². The van der Waals surface area contributed by atoms with Crippen molar-refractivity contribution in [1.29, 1.82) is 0 Å². The number of methoxy groups -OCH3 is 1. The van der Waals surface area contributed by atoms with Gasteiger partial charge in [-0.15, -0.1) is 0 Å². The topological polar surface area (TPSA) is 21.3 Å². The molecule has 2 aromatic carbocycles. The Kier molecular flexibility index (Phi) is 5.89. The van der Waals surface area contributed by atoms with Crippen LogP contribution in [0.25, 0.3) is 0 Å². The van der Waals surface area contributed by atoms with Crippen LogP contribution in [-0.4, -0.2) is 13.7 Å². The molecule has 0 radical (unpaired) electrons. The number of halogens is 2. The molecule has 0 fully saturated rings. The minimum Gasteiger partial charge on any atom is -0.497 e. The summed E-state index contributed by atoms with van der Waals surface area (Å²) in [6.07, 6.45) is 0.982. The van der Waals surface area contributed by atoms with Crippen LogP contribution in [0.1, 0.15) is 11.1 Å². The fraction of sp³-hybridized carbons (Fsp3) is 0.250. The van der Waals surface area contributed by atoms with E-state index in [0.29, 0.717) is 0 Å². The van der Waals surface area contributed by atoms with Gasteiger partial charge in [0.05, 0.1) is 7.11 Å². The van der Waals surface area contributed by atoms with E-state index in [4.69, 9.17) is 16.3 Å². The lowest BCUT2D eigenvalue weighted by atomic mass is 10.1. The van der Waals surface area contributed by atoms with Crippen LogP contribution < -0.4 is 10.1 Å². The summed E-state index contributed by atoms with van der Waals surface area (Å²) < 4.78 is 6.19. The van der Waals surface area contributed by atoms with Crippen LogP contribution in [0, 0.1) is 0 Å². The SMILES string of the molecule is COc1ccc(CCNCc2cc(Br)ccc2Cl)cc1. The van der Waals surface area contributed by atoms with Crippen molar-refractivity contribution in [2.75, 3.05) is 13.7 Å². The maximum atomic E-state index is 6.15. The number of rotatable bonds is 6. The molecule has 1 N–H and O–H groups in total. The highest BCUT2D eigenvalue weighted by molar-refractivity contribution is 9.10. The number of hydrogen-bond acceptors (Lipinski definition) is 2. The van der Waals surface area contributed by atoms with Crippen molar-refractivity contribution in [3.8, 4) is 5.75 Å². The lowest BCUT2D eigenvalue weighted by Crippen LogP contribution is -2.16. The first kappa shape index (κ1) is 15.4. The number of ether oxygens (including phenoxy) is 1. The molecule has 4 heteroatoms. The number of nitrogens with one attached hydrogen (secondary N) is 1. The molecule has 0 aliphatic heterocycles. The summed E-state index contributed by atoms with van der Waals surface area (Å²) in [4.78, 5) is 0. The Morgan fingerprint density at radius 2 is 1.90 bits per heavy atom. The van der Waals surface area contributed by atoms with Gasteiger partial charge in [-0.2, -0.15) is 0 Å². The molecule has 2 rings (SSSR count). The molecule has 0 saturated carbocycles. The van der Waals surface area contributed by atoms with Crippen molar-refractivity contribution in [1.82, 2.24) is 5.32 Å². The second-order valence-corrected chi connectivity index (χ2v) is 5.83. The van der Waals surface area contributed by atoms with Crippen LogP contribution in [0.15, 0.2) is 46.9 Å². The van der Waals surface area contributed by atoms with Crippen LogP contribution in [0.5, 0.6) is 5.75 Å². The third-order valence-corrected chi connectivity index (χ3v) is 3.93. The molecular formula is C16H17BrClNO. The monoisotopic (exact) mass is 353 g/mol. The van der Waals surface area contributed by atoms with Gasteiger partial charge in [0.2, 0.25) is 0 Å². The van der Waals surface area contributed by atoms with E-state index >= 15 is 0 Å². The first-order valence-electron chi connectivity index (χ1n) is 6.46. The van der Waals surface area contributed by atoms with Crippen molar-refractivity contribution in [2.24, 2.45) is 0 Å². The Hall–Kier alpha value is -1.03. The van der Waals surface area contributed by atoms with Gasteiger partial charge in [-0.3, -0.25) is 0 Å². The zero-order valence-corrected chi connectivity index (χ0v) is 13.7. The van der Waals surface area contributed by atoms with Gasteiger partial charge in [-0.05, 0) is 54.4 Å². The molecular weight excluding hydrogens is 338 g/mol. The Bertz CT molecular complexity index is 557. The summed E-state index contributed by atoms with van der Waals surface area (Å²) >= 11 is 9.61. The van der Waals surface area contributed by atoms with E-state index in [2.05, 4.69) is 33.4 Å². The highest BCUT2D eigenvalue weighted by atomic mass is 79.9. The largest absolute Gasteiger partial charge is 0.497 e. The summed E-state index contributed by atoms with van der Waals surface area (Å²) in [5, 5.41) is 4.21. The van der Waals surface area contributed by atoms with E-state index in [1.807, 2.05) is 30.3 Å². The molecule has 0 bridgehead atoms. The molecule has 20 heavy (non-hydrogen) atoms. The fourth-order valence-electron chi connectivity index (χ4n) is 1.93. The third-order valence-electron chi connectivity index (χ3n) is 3.07. The van der Waals surface area contributed by atoms with Crippen LogP contribution >= 0.6 is 27.5 Å². The summed E-state index contributed by atoms with van der Waals surface area (Å²) in [5.74, 6) is 0.891. The maximum absolute atomic E-state index is 6.15. The van der Waals surface area contributed by atoms with Gasteiger partial charge in [0.1, 0.15) is 5.75 Å². The lowest BCUT2D eigenvalue weighted by molar-refractivity contribution is 0.414. The average molecular weight is 355 g/mol. The molecule has 0 spiro atoms. The normalized spacial score (nSPS) is 10.6. The van der Waals surface area contributed by atoms with Gasteiger partial charge in [0.25, 0.3) is 0 Å². The smallest absolute Gasteiger partial charge is 0.118 e. The second kappa shape index (κ2) is 7.67. The van der Waals surface area contributed by atoms with Crippen LogP contribution in [-0.2, 0) is 13.0 Å². The predicted octanol–water partition coefficient (Wildman–Crippen LogP) is 4.44. The molecule has 106 valence electrons. The van der Waals surface area contributed by atoms with E-state index in [-0.39, 0.29) is 0 Å². The van der Waals surface area contributed by atoms with E-state index in [1.165, 1.54) is 5.56 Å². The standard InChI is InChI=1S/C16H17BrClNO/c1-20-15-5-2-12(3-6-15)8-9-19-11-13-10-14(17)4-7-16(13)18/h2-7,10,19H,8-9,11H2,1H3. The molecule has 0 aliphatic carbocycles. The van der Waals surface area contributed by atoms with Crippen molar-refractivity contribution < 1.29 is 4.74 Å². The van der Waals surface area contributed by atoms with Gasteiger partial charge in [-0.1, -0.05) is 39.7 Å². The Balaban J connectivity index is 1.79. The first-order chi connectivity index (χ1) is 9.69. The van der Waals surface area contributed by atoms with E-state index in [0.717, 1.165) is 40.3 Å². The van der Waals surface area contributed by atoms with E-state index in [1.54, 1.807) is 7.11 Å². The molecule has 2 nitrogen and oxygen atoms in total. The number of hydrogen-bond donors (Lipinski definition) is 1. The van der Waals surface area contributed by atoms with Gasteiger partial charge >= 0.3 is 0 Å². The molecule has 0 amide bonds. The summed E-state index contributed by atoms with van der Waals surface area (Å²) in [5.41, 5.74) is 2.40. The molecule has 0 atom stereocenters. The summed E-state index contributed by atoms with van der Waals surface area (Å²) in [6, 6.07) is 14.1. The highest BCUT2D eigenvalue weighted by Crippen LogP contribution is 2.20. The Morgan fingerprint density at radius 3 is 2.60 bits per heavy atom. The van der Waals surface area contributed by atoms with Crippen molar-refractivity contribution in [3.63, 3.8) is 0 Å². The molecule has 0 saturated heterocycles. The third kappa shape index (κ3) is 4.51. The minimum absolute atomic E-state index is 0.772. The molecule has 0 heterocycles. The van der Waals surface area contributed by atoms with Crippen LogP contribution in [0.3, 0.4) is 0 Å². The Morgan fingerprint density at radius 1 is 1.15 bits per heavy atom. The molecule has 0 unspecified atom stereocenters. The van der Waals surface area contributed by atoms with E-state index in [9.17, 15) is 0 Å². The fourth-order valence-corrected chi connectivity index (χ4v) is 2.52. The first-order valence-corrected chi connectivity index (χ1v) is 7.63. The van der Waals surface area contributed by atoms with Crippen LogP contribution in [0.4, 0.5) is 0 Å². The minimum atomic E-state index is 0.772. The zero-order chi connectivity index (χ0) is 14.4. The van der Waals surface area contributed by atoms with Crippen molar-refractivity contribution in [2.45, 2.75) is 13.0 Å². The molecule has 0 aromatic heterocycles. The van der Waals surface area contributed by atoms with Crippen LogP contribution in [0.2, 0.25) is 5.02 Å². The quantitative estimate of drug-likeness (QED) is 0.774. The predicted molar refractivity (Wildman–Crippen MR) is 87.6 cm³/mol. The van der Waals surface area contributed by atoms with Gasteiger partial charge < -0.3 is 10.1 Å². The molecule has 0 aliphatic rings. The number of benzene rings is 2. The summed E-state index contributed by atoms with van der Waals surface area (Å²) in [7, 11) is 1.68. The second-order valence-electron chi connectivity index (χ2n) is 4.51. The zero-order valence-electron chi connectivity index (χ0n) is 11.3. The average Bonchev–Trinajstić information content (AvgIpc) is 2.47. The van der Waals surface area contributed by atoms with Gasteiger partial charge in [0, 0.05) is 16.0 Å². The Labute approximate surface area is 133 Å². The highest BCUT2D eigenvalue weighted by Gasteiger charge is 2.01.